The number of esters is 1. The molecule has 0 bridgehead atoms. The molecule has 0 spiro atoms. The fraction of sp³-hybridized carbons (Fsp3) is 0.500. The van der Waals surface area contributed by atoms with Crippen molar-refractivity contribution in [2.24, 2.45) is 5.10 Å². The summed E-state index contributed by atoms with van der Waals surface area (Å²) in [5.74, 6) is -0.504. The van der Waals surface area contributed by atoms with Gasteiger partial charge in [0, 0.05) is 29.0 Å². The number of hydrazone groups is 1. The molecule has 1 fully saturated rings. The van der Waals surface area contributed by atoms with Crippen molar-refractivity contribution < 1.29 is 32.2 Å². The molecule has 1 amide bonds. The number of carbonyl (C=O) groups is 2. The number of hydrogen-bond donors (Lipinski definition) is 0. The van der Waals surface area contributed by atoms with Gasteiger partial charge in [-0.25, -0.2) is 18.2 Å². The predicted molar refractivity (Wildman–Crippen MR) is 102 cm³/mol. The lowest BCUT2D eigenvalue weighted by Gasteiger charge is -2.27. The molecule has 3 heterocycles. The second kappa shape index (κ2) is 7.92. The molecule has 0 N–H and O–H groups in total. The highest BCUT2D eigenvalue weighted by atomic mass is 35.5. The van der Waals surface area contributed by atoms with Crippen molar-refractivity contribution in [2.75, 3.05) is 18.3 Å². The maximum absolute atomic E-state index is 12.5. The largest absolute Gasteiger partial charge is 0.467 e. The van der Waals surface area contributed by atoms with Crippen LogP contribution in [-0.4, -0.2) is 55.4 Å². The maximum atomic E-state index is 12.5. The minimum absolute atomic E-state index is 0.0142. The average molecular weight is 443 g/mol. The molecule has 0 aliphatic carbocycles. The fourth-order valence-corrected chi connectivity index (χ4v) is 5.52. The third kappa shape index (κ3) is 4.39. The number of ether oxygens (including phenoxy) is 3. The lowest BCUT2D eigenvalue weighted by atomic mass is 10.1. The predicted octanol–water partition coefficient (Wildman–Crippen LogP) is 1.42. The minimum atomic E-state index is -3.18. The Morgan fingerprint density at radius 2 is 2.17 bits per heavy atom. The van der Waals surface area contributed by atoms with Crippen LogP contribution in [0.25, 0.3) is 0 Å². The van der Waals surface area contributed by atoms with Gasteiger partial charge in [0.2, 0.25) is 5.91 Å². The van der Waals surface area contributed by atoms with Gasteiger partial charge < -0.3 is 14.2 Å². The molecular weight excluding hydrogens is 424 g/mol. The number of halogens is 1. The van der Waals surface area contributed by atoms with Crippen molar-refractivity contribution >= 4 is 39.0 Å². The molecular formula is C18H19ClN2O7S. The molecule has 1 atom stereocenters. The summed E-state index contributed by atoms with van der Waals surface area (Å²) < 4.78 is 39.5. The highest BCUT2D eigenvalue weighted by Crippen LogP contribution is 2.32. The van der Waals surface area contributed by atoms with Crippen molar-refractivity contribution in [1.82, 2.24) is 5.01 Å². The molecule has 4 rings (SSSR count). The molecule has 29 heavy (non-hydrogen) atoms. The van der Waals surface area contributed by atoms with Gasteiger partial charge in [0.1, 0.15) is 18.1 Å². The first-order valence-corrected chi connectivity index (χ1v) is 11.3. The van der Waals surface area contributed by atoms with E-state index in [2.05, 4.69) is 5.10 Å². The second-order valence-electron chi connectivity index (χ2n) is 7.08. The van der Waals surface area contributed by atoms with Gasteiger partial charge in [-0.15, -0.1) is 0 Å². The Labute approximate surface area is 172 Å². The summed E-state index contributed by atoms with van der Waals surface area (Å²) >= 11 is 6.11. The monoisotopic (exact) mass is 442 g/mol. The SMILES string of the molecule is O=C(OCc1cc(Cl)cc2c1OCOC2)C1=NN(C2CCS(=O)(=O)C2)C(=O)CC1. The second-order valence-corrected chi connectivity index (χ2v) is 9.75. The summed E-state index contributed by atoms with van der Waals surface area (Å²) in [5, 5.41) is 5.71. The smallest absolute Gasteiger partial charge is 0.354 e. The standard InChI is InChI=1S/C18H19ClN2O7S/c19-13-5-11-7-26-10-28-17(11)12(6-13)8-27-18(23)15-1-2-16(22)21(20-15)14-3-4-29(24,25)9-14/h5-6,14H,1-4,7-10H2. The summed E-state index contributed by atoms with van der Waals surface area (Å²) in [7, 11) is -3.18. The molecule has 0 saturated carbocycles. The van der Waals surface area contributed by atoms with E-state index >= 15 is 0 Å². The van der Waals surface area contributed by atoms with Gasteiger partial charge in [0.25, 0.3) is 0 Å². The first-order valence-electron chi connectivity index (χ1n) is 9.11. The van der Waals surface area contributed by atoms with Gasteiger partial charge in [0.05, 0.1) is 24.2 Å². The Morgan fingerprint density at radius 3 is 2.93 bits per heavy atom. The summed E-state index contributed by atoms with van der Waals surface area (Å²) in [5.41, 5.74) is 1.47. The highest BCUT2D eigenvalue weighted by molar-refractivity contribution is 7.91. The van der Waals surface area contributed by atoms with Crippen LogP contribution in [0.3, 0.4) is 0 Å². The number of rotatable bonds is 4. The van der Waals surface area contributed by atoms with Crippen molar-refractivity contribution in [2.45, 2.75) is 38.5 Å². The summed E-state index contributed by atoms with van der Waals surface area (Å²) in [6, 6.07) is 2.84. The number of benzene rings is 1. The Bertz CT molecular complexity index is 992. The molecule has 0 radical (unpaired) electrons. The van der Waals surface area contributed by atoms with E-state index < -0.39 is 21.8 Å². The van der Waals surface area contributed by atoms with E-state index in [0.717, 1.165) is 10.6 Å². The van der Waals surface area contributed by atoms with Gasteiger partial charge >= 0.3 is 5.97 Å². The molecule has 156 valence electrons. The maximum Gasteiger partial charge on any atom is 0.354 e. The van der Waals surface area contributed by atoms with Crippen molar-refractivity contribution in [3.05, 3.63) is 28.3 Å². The van der Waals surface area contributed by atoms with Gasteiger partial charge in [0.15, 0.2) is 16.6 Å². The fourth-order valence-electron chi connectivity index (χ4n) is 3.56. The van der Waals surface area contributed by atoms with Crippen LogP contribution >= 0.6 is 11.6 Å². The molecule has 1 aromatic carbocycles. The number of amides is 1. The van der Waals surface area contributed by atoms with Crippen LogP contribution in [0, 0.1) is 0 Å². The van der Waals surface area contributed by atoms with E-state index in [1.165, 1.54) is 0 Å². The topological polar surface area (TPSA) is 112 Å². The van der Waals surface area contributed by atoms with Crippen LogP contribution in [0.15, 0.2) is 17.2 Å². The van der Waals surface area contributed by atoms with Crippen LogP contribution < -0.4 is 4.74 Å². The summed E-state index contributed by atoms with van der Waals surface area (Å²) in [6.07, 6.45) is 0.539. The van der Waals surface area contributed by atoms with Crippen molar-refractivity contribution in [3.63, 3.8) is 0 Å². The van der Waals surface area contributed by atoms with Crippen molar-refractivity contribution in [3.8, 4) is 5.75 Å². The Balaban J connectivity index is 1.47. The van der Waals surface area contributed by atoms with E-state index in [1.807, 2.05) is 0 Å². The van der Waals surface area contributed by atoms with Crippen LogP contribution in [0.5, 0.6) is 5.75 Å². The number of hydrogen-bond acceptors (Lipinski definition) is 8. The molecule has 11 heteroatoms. The normalized spacial score (nSPS) is 23.2. The Morgan fingerprint density at radius 1 is 1.34 bits per heavy atom. The number of sulfone groups is 1. The van der Waals surface area contributed by atoms with E-state index in [9.17, 15) is 18.0 Å². The van der Waals surface area contributed by atoms with Crippen LogP contribution in [-0.2, 0) is 42.1 Å². The third-order valence-electron chi connectivity index (χ3n) is 4.96. The quantitative estimate of drug-likeness (QED) is 0.648. The van der Waals surface area contributed by atoms with E-state index in [0.29, 0.717) is 29.4 Å². The third-order valence-corrected chi connectivity index (χ3v) is 6.93. The van der Waals surface area contributed by atoms with E-state index in [1.54, 1.807) is 12.1 Å². The lowest BCUT2D eigenvalue weighted by Crippen LogP contribution is -2.42. The number of nitrogens with zero attached hydrogens (tertiary/aromatic N) is 2. The summed E-state index contributed by atoms with van der Waals surface area (Å²) in [4.78, 5) is 24.7. The zero-order valence-electron chi connectivity index (χ0n) is 15.4. The zero-order valence-corrected chi connectivity index (χ0v) is 17.0. The molecule has 1 unspecified atom stereocenters. The number of fused-ring (bicyclic) bond motifs is 1. The minimum Gasteiger partial charge on any atom is -0.467 e. The van der Waals surface area contributed by atoms with Gasteiger partial charge in [-0.3, -0.25) is 4.79 Å². The molecule has 0 aromatic heterocycles. The van der Waals surface area contributed by atoms with Crippen molar-refractivity contribution in [1.29, 1.82) is 0 Å². The average Bonchev–Trinajstić information content (AvgIpc) is 3.05. The zero-order chi connectivity index (χ0) is 20.6. The Kier molecular flexibility index (Phi) is 5.50. The molecule has 3 aliphatic rings. The van der Waals surface area contributed by atoms with E-state index in [4.69, 9.17) is 25.8 Å². The van der Waals surface area contributed by atoms with Gasteiger partial charge in [-0.2, -0.15) is 5.10 Å². The molecule has 9 nitrogen and oxygen atoms in total. The van der Waals surface area contributed by atoms with Gasteiger partial charge in [-0.05, 0) is 18.6 Å². The van der Waals surface area contributed by atoms with Crippen LogP contribution in [0.1, 0.15) is 30.4 Å². The Hall–Kier alpha value is -2.17. The van der Waals surface area contributed by atoms with Crippen LogP contribution in [0.4, 0.5) is 0 Å². The molecule has 1 saturated heterocycles. The first kappa shape index (κ1) is 20.1. The lowest BCUT2D eigenvalue weighted by molar-refractivity contribution is -0.138. The molecule has 1 aromatic rings. The van der Waals surface area contributed by atoms with E-state index in [-0.39, 0.29) is 49.4 Å². The molecule has 3 aliphatic heterocycles. The summed E-state index contributed by atoms with van der Waals surface area (Å²) in [6.45, 7) is 0.376. The van der Waals surface area contributed by atoms with Crippen LogP contribution in [0.2, 0.25) is 5.02 Å². The number of carbonyl (C=O) groups excluding carboxylic acids is 2. The first-order chi connectivity index (χ1) is 13.8. The van der Waals surface area contributed by atoms with Gasteiger partial charge in [-0.1, -0.05) is 11.6 Å². The highest BCUT2D eigenvalue weighted by Gasteiger charge is 2.37.